The second kappa shape index (κ2) is 5.72. The maximum atomic E-state index is 11.9. The van der Waals surface area contributed by atoms with Crippen molar-refractivity contribution in [2.45, 2.75) is 32.2 Å². The normalized spacial score (nSPS) is 16.9. The molecule has 1 aromatic carbocycles. The Bertz CT molecular complexity index is 563. The minimum atomic E-state index is -0.782. The number of benzene rings is 1. The fourth-order valence-electron chi connectivity index (χ4n) is 2.13. The van der Waals surface area contributed by atoms with Crippen LogP contribution >= 0.6 is 11.6 Å². The van der Waals surface area contributed by atoms with Gasteiger partial charge in [-0.15, -0.1) is 0 Å². The van der Waals surface area contributed by atoms with Crippen LogP contribution in [0.25, 0.3) is 0 Å². The van der Waals surface area contributed by atoms with E-state index in [9.17, 15) is 10.1 Å². The lowest BCUT2D eigenvalue weighted by atomic mass is 9.98. The molecule has 1 aliphatic carbocycles. The first-order valence-electron chi connectivity index (χ1n) is 6.56. The largest absolute Gasteiger partial charge is 0.484 e. The van der Waals surface area contributed by atoms with Gasteiger partial charge in [0.05, 0.1) is 6.07 Å². The SMILES string of the molecule is Cc1cc(Cl)ccc1OCC(=O)NC(C)(C#N)C1CC1. The van der Waals surface area contributed by atoms with Crippen molar-refractivity contribution in [1.82, 2.24) is 5.32 Å². The fourth-order valence-corrected chi connectivity index (χ4v) is 2.35. The second-order valence-corrected chi connectivity index (χ2v) is 5.77. The van der Waals surface area contributed by atoms with Crippen LogP contribution in [-0.4, -0.2) is 18.1 Å². The molecule has 1 aromatic rings. The van der Waals surface area contributed by atoms with Gasteiger partial charge in [-0.1, -0.05) is 11.6 Å². The lowest BCUT2D eigenvalue weighted by Crippen LogP contribution is -2.48. The summed E-state index contributed by atoms with van der Waals surface area (Å²) in [6.07, 6.45) is 1.98. The summed E-state index contributed by atoms with van der Waals surface area (Å²) in [6, 6.07) is 7.40. The van der Waals surface area contributed by atoms with E-state index in [0.717, 1.165) is 18.4 Å². The van der Waals surface area contributed by atoms with Crippen molar-refractivity contribution in [3.05, 3.63) is 28.8 Å². The van der Waals surface area contributed by atoms with Gasteiger partial charge in [0.15, 0.2) is 6.61 Å². The highest BCUT2D eigenvalue weighted by Crippen LogP contribution is 2.39. The quantitative estimate of drug-likeness (QED) is 0.908. The van der Waals surface area contributed by atoms with Gasteiger partial charge in [0, 0.05) is 5.02 Å². The van der Waals surface area contributed by atoms with Crippen molar-refractivity contribution in [1.29, 1.82) is 5.26 Å². The Morgan fingerprint density at radius 2 is 2.30 bits per heavy atom. The standard InChI is InChI=1S/C15H17ClN2O2/c1-10-7-12(16)5-6-13(10)20-8-14(19)18-15(2,9-17)11-3-4-11/h5-7,11H,3-4,8H2,1-2H3,(H,18,19). The van der Waals surface area contributed by atoms with Crippen molar-refractivity contribution in [2.75, 3.05) is 6.61 Å². The minimum Gasteiger partial charge on any atom is -0.484 e. The van der Waals surface area contributed by atoms with Gasteiger partial charge in [0.25, 0.3) is 5.91 Å². The molecule has 1 saturated carbocycles. The zero-order valence-corrected chi connectivity index (χ0v) is 12.3. The van der Waals surface area contributed by atoms with Crippen LogP contribution in [0.4, 0.5) is 0 Å². The fraction of sp³-hybridized carbons (Fsp3) is 0.467. The summed E-state index contributed by atoms with van der Waals surface area (Å²) in [4.78, 5) is 11.9. The number of amides is 1. The smallest absolute Gasteiger partial charge is 0.259 e. The molecule has 0 spiro atoms. The highest BCUT2D eigenvalue weighted by atomic mass is 35.5. The van der Waals surface area contributed by atoms with E-state index in [2.05, 4.69) is 11.4 Å². The lowest BCUT2D eigenvalue weighted by molar-refractivity contribution is -0.124. The average molecular weight is 293 g/mol. The second-order valence-electron chi connectivity index (χ2n) is 5.34. The van der Waals surface area contributed by atoms with E-state index in [1.54, 1.807) is 25.1 Å². The molecule has 0 bridgehead atoms. The third-order valence-corrected chi connectivity index (χ3v) is 3.76. The van der Waals surface area contributed by atoms with Crippen molar-refractivity contribution in [3.63, 3.8) is 0 Å². The first-order valence-corrected chi connectivity index (χ1v) is 6.93. The zero-order valence-electron chi connectivity index (χ0n) is 11.6. The Morgan fingerprint density at radius 3 is 2.85 bits per heavy atom. The van der Waals surface area contributed by atoms with E-state index in [1.807, 2.05) is 6.92 Å². The van der Waals surface area contributed by atoms with Crippen molar-refractivity contribution in [2.24, 2.45) is 5.92 Å². The molecule has 4 nitrogen and oxygen atoms in total. The molecule has 1 amide bonds. The van der Waals surface area contributed by atoms with Crippen molar-refractivity contribution >= 4 is 17.5 Å². The predicted molar refractivity (Wildman–Crippen MR) is 76.6 cm³/mol. The molecule has 106 valence electrons. The first-order chi connectivity index (χ1) is 9.44. The molecule has 0 saturated heterocycles. The van der Waals surface area contributed by atoms with Gasteiger partial charge in [0.2, 0.25) is 0 Å². The minimum absolute atomic E-state index is 0.105. The Hall–Kier alpha value is -1.73. The number of carbonyl (C=O) groups excluding carboxylic acids is 1. The van der Waals surface area contributed by atoms with E-state index in [4.69, 9.17) is 16.3 Å². The molecule has 0 radical (unpaired) electrons. The molecule has 0 heterocycles. The van der Waals surface area contributed by atoms with Gasteiger partial charge < -0.3 is 10.1 Å². The number of nitriles is 1. The number of carbonyl (C=O) groups is 1. The Balaban J connectivity index is 1.90. The van der Waals surface area contributed by atoms with Crippen LogP contribution in [0.15, 0.2) is 18.2 Å². The Morgan fingerprint density at radius 1 is 1.60 bits per heavy atom. The first kappa shape index (κ1) is 14.7. The van der Waals surface area contributed by atoms with E-state index < -0.39 is 5.54 Å². The molecule has 1 atom stereocenters. The van der Waals surface area contributed by atoms with Crippen molar-refractivity contribution < 1.29 is 9.53 Å². The van der Waals surface area contributed by atoms with Gasteiger partial charge in [-0.05, 0) is 56.4 Å². The summed E-state index contributed by atoms with van der Waals surface area (Å²) in [7, 11) is 0. The molecule has 2 rings (SSSR count). The number of hydrogen-bond donors (Lipinski definition) is 1. The lowest BCUT2D eigenvalue weighted by Gasteiger charge is -2.22. The van der Waals surface area contributed by atoms with Gasteiger partial charge >= 0.3 is 0 Å². The van der Waals surface area contributed by atoms with Crippen LogP contribution in [0.5, 0.6) is 5.75 Å². The molecule has 1 aliphatic rings. The number of halogens is 1. The summed E-state index contributed by atoms with van der Waals surface area (Å²) in [5.74, 6) is 0.596. The molecule has 1 N–H and O–H groups in total. The van der Waals surface area contributed by atoms with Gasteiger partial charge in [-0.2, -0.15) is 5.26 Å². The van der Waals surface area contributed by atoms with Crippen molar-refractivity contribution in [3.8, 4) is 11.8 Å². The predicted octanol–water partition coefficient (Wildman–Crippen LogP) is 2.84. The third-order valence-electron chi connectivity index (χ3n) is 3.52. The maximum Gasteiger partial charge on any atom is 0.259 e. The molecule has 1 fully saturated rings. The van der Waals surface area contributed by atoms with E-state index >= 15 is 0 Å². The number of hydrogen-bond acceptors (Lipinski definition) is 3. The molecule has 20 heavy (non-hydrogen) atoms. The van der Waals surface area contributed by atoms with Crippen LogP contribution in [0.1, 0.15) is 25.3 Å². The number of rotatable bonds is 5. The third kappa shape index (κ3) is 3.43. The Kier molecular flexibility index (Phi) is 4.20. The number of aryl methyl sites for hydroxylation is 1. The van der Waals surface area contributed by atoms with Crippen LogP contribution in [0.2, 0.25) is 5.02 Å². The van der Waals surface area contributed by atoms with Crippen LogP contribution in [0.3, 0.4) is 0 Å². The summed E-state index contributed by atoms with van der Waals surface area (Å²) in [5, 5.41) is 12.6. The number of ether oxygens (including phenoxy) is 1. The Labute approximate surface area is 123 Å². The van der Waals surface area contributed by atoms with Crippen LogP contribution in [-0.2, 0) is 4.79 Å². The van der Waals surface area contributed by atoms with Crippen LogP contribution < -0.4 is 10.1 Å². The molecule has 5 heteroatoms. The van der Waals surface area contributed by atoms with E-state index in [-0.39, 0.29) is 18.4 Å². The summed E-state index contributed by atoms with van der Waals surface area (Å²) in [6.45, 7) is 3.52. The monoisotopic (exact) mass is 292 g/mol. The number of nitrogens with zero attached hydrogens (tertiary/aromatic N) is 1. The molecule has 0 aromatic heterocycles. The molecule has 0 aliphatic heterocycles. The summed E-state index contributed by atoms with van der Waals surface area (Å²) < 4.78 is 5.46. The van der Waals surface area contributed by atoms with Gasteiger partial charge in [-0.3, -0.25) is 4.79 Å². The van der Waals surface area contributed by atoms with E-state index in [1.165, 1.54) is 0 Å². The molecule has 1 unspecified atom stereocenters. The average Bonchev–Trinajstić information content (AvgIpc) is 3.22. The van der Waals surface area contributed by atoms with Gasteiger partial charge in [-0.25, -0.2) is 0 Å². The highest BCUT2D eigenvalue weighted by Gasteiger charge is 2.43. The maximum absolute atomic E-state index is 11.9. The topological polar surface area (TPSA) is 62.1 Å². The van der Waals surface area contributed by atoms with Crippen LogP contribution in [0, 0.1) is 24.2 Å². The highest BCUT2D eigenvalue weighted by molar-refractivity contribution is 6.30. The molecular weight excluding hydrogens is 276 g/mol. The van der Waals surface area contributed by atoms with E-state index in [0.29, 0.717) is 10.8 Å². The summed E-state index contributed by atoms with van der Waals surface area (Å²) >= 11 is 5.86. The van der Waals surface area contributed by atoms with Gasteiger partial charge in [0.1, 0.15) is 11.3 Å². The molecular formula is C15H17ClN2O2. The zero-order chi connectivity index (χ0) is 14.8. The summed E-state index contributed by atoms with van der Waals surface area (Å²) in [5.41, 5.74) is 0.0886. The number of nitrogens with one attached hydrogen (secondary N) is 1.